The molecular formula is C14H15NO5S. The molecule has 7 heteroatoms. The minimum absolute atomic E-state index is 0.0653. The first kappa shape index (κ1) is 16.7. The van der Waals surface area contributed by atoms with Crippen molar-refractivity contribution in [1.29, 1.82) is 0 Å². The van der Waals surface area contributed by atoms with Gasteiger partial charge in [0.15, 0.2) is 9.84 Å². The van der Waals surface area contributed by atoms with E-state index in [2.05, 4.69) is 11.2 Å². The molecule has 0 bridgehead atoms. The van der Waals surface area contributed by atoms with Gasteiger partial charge in [0.2, 0.25) is 5.91 Å². The molecule has 0 atom stereocenters. The van der Waals surface area contributed by atoms with Gasteiger partial charge in [0, 0.05) is 0 Å². The quantitative estimate of drug-likeness (QED) is 0.744. The summed E-state index contributed by atoms with van der Waals surface area (Å²) in [5.41, 5.74) is 0.319. The average Bonchev–Trinajstić information content (AvgIpc) is 2.43. The highest BCUT2D eigenvalue weighted by Crippen LogP contribution is 2.20. The molecule has 1 aromatic carbocycles. The molecule has 0 aliphatic heterocycles. The fourth-order valence-electron chi connectivity index (χ4n) is 1.72. The number of aromatic carboxylic acids is 1. The van der Waals surface area contributed by atoms with Crippen LogP contribution in [0.3, 0.4) is 0 Å². The standard InChI is InChI=1S/C14H15NO5S/c1-3-7-15-13(16)9-21(19,20)12-8-11(14(17)18)6-5-10(12)4-2/h1,5-6,8H,4,7,9H2,2H3,(H,15,16)(H,17,18). The van der Waals surface area contributed by atoms with Crippen LogP contribution >= 0.6 is 0 Å². The summed E-state index contributed by atoms with van der Waals surface area (Å²) in [4.78, 5) is 22.3. The molecule has 0 aromatic heterocycles. The number of nitrogens with one attached hydrogen (secondary N) is 1. The van der Waals surface area contributed by atoms with Crippen molar-refractivity contribution in [3.63, 3.8) is 0 Å². The Balaban J connectivity index is 3.17. The molecule has 1 amide bonds. The number of carboxylic acids is 1. The number of hydrogen-bond donors (Lipinski definition) is 2. The number of carbonyl (C=O) groups excluding carboxylic acids is 1. The lowest BCUT2D eigenvalue weighted by Crippen LogP contribution is -2.30. The van der Waals surface area contributed by atoms with E-state index >= 15 is 0 Å². The molecule has 0 heterocycles. The van der Waals surface area contributed by atoms with E-state index in [9.17, 15) is 18.0 Å². The highest BCUT2D eigenvalue weighted by Gasteiger charge is 2.23. The molecule has 0 aliphatic rings. The Bertz CT molecular complexity index is 701. The van der Waals surface area contributed by atoms with Gasteiger partial charge < -0.3 is 10.4 Å². The van der Waals surface area contributed by atoms with Crippen molar-refractivity contribution in [3.05, 3.63) is 29.3 Å². The number of amides is 1. The summed E-state index contributed by atoms with van der Waals surface area (Å²) in [5, 5.41) is 11.2. The number of carboxylic acid groups (broad SMARTS) is 1. The van der Waals surface area contributed by atoms with Gasteiger partial charge in [0.05, 0.1) is 17.0 Å². The Labute approximate surface area is 123 Å². The Hall–Kier alpha value is -2.33. The summed E-state index contributed by atoms with van der Waals surface area (Å²) in [6.45, 7) is 1.68. The van der Waals surface area contributed by atoms with Gasteiger partial charge >= 0.3 is 5.97 Å². The van der Waals surface area contributed by atoms with E-state index in [-0.39, 0.29) is 17.0 Å². The Morgan fingerprint density at radius 1 is 1.38 bits per heavy atom. The van der Waals surface area contributed by atoms with Crippen LogP contribution in [0.2, 0.25) is 0 Å². The highest BCUT2D eigenvalue weighted by atomic mass is 32.2. The minimum Gasteiger partial charge on any atom is -0.478 e. The number of sulfone groups is 1. The van der Waals surface area contributed by atoms with E-state index in [1.165, 1.54) is 12.1 Å². The van der Waals surface area contributed by atoms with Crippen molar-refractivity contribution in [2.75, 3.05) is 12.3 Å². The lowest BCUT2D eigenvalue weighted by atomic mass is 10.1. The summed E-state index contributed by atoms with van der Waals surface area (Å²) >= 11 is 0. The molecule has 6 nitrogen and oxygen atoms in total. The third-order valence-corrected chi connectivity index (χ3v) is 4.43. The van der Waals surface area contributed by atoms with Crippen LogP contribution in [0.1, 0.15) is 22.8 Å². The molecule has 21 heavy (non-hydrogen) atoms. The second-order valence-corrected chi connectivity index (χ2v) is 6.18. The second-order valence-electron chi connectivity index (χ2n) is 4.22. The summed E-state index contributed by atoms with van der Waals surface area (Å²) in [6.07, 6.45) is 5.37. The van der Waals surface area contributed by atoms with E-state index in [0.29, 0.717) is 12.0 Å². The van der Waals surface area contributed by atoms with Crippen LogP contribution in [0.15, 0.2) is 23.1 Å². The van der Waals surface area contributed by atoms with Gasteiger partial charge in [-0.25, -0.2) is 13.2 Å². The lowest BCUT2D eigenvalue weighted by molar-refractivity contribution is -0.118. The monoisotopic (exact) mass is 309 g/mol. The molecule has 0 unspecified atom stereocenters. The molecule has 112 valence electrons. The van der Waals surface area contributed by atoms with Crippen LogP contribution in [0, 0.1) is 12.3 Å². The predicted molar refractivity (Wildman–Crippen MR) is 76.7 cm³/mol. The van der Waals surface area contributed by atoms with Gasteiger partial charge in [0.25, 0.3) is 0 Å². The zero-order valence-electron chi connectivity index (χ0n) is 11.4. The van der Waals surface area contributed by atoms with Crippen molar-refractivity contribution in [2.24, 2.45) is 0 Å². The van der Waals surface area contributed by atoms with Crippen LogP contribution in [0.4, 0.5) is 0 Å². The molecule has 0 fully saturated rings. The molecule has 2 N–H and O–H groups in total. The van der Waals surface area contributed by atoms with Crippen molar-refractivity contribution in [2.45, 2.75) is 18.2 Å². The molecule has 0 radical (unpaired) electrons. The molecule has 1 aromatic rings. The second kappa shape index (κ2) is 6.90. The minimum atomic E-state index is -3.93. The van der Waals surface area contributed by atoms with Crippen LogP contribution in [-0.2, 0) is 21.1 Å². The van der Waals surface area contributed by atoms with Crippen molar-refractivity contribution in [3.8, 4) is 12.3 Å². The van der Waals surface area contributed by atoms with Gasteiger partial charge in [-0.3, -0.25) is 4.79 Å². The van der Waals surface area contributed by atoms with Crippen LogP contribution < -0.4 is 5.32 Å². The Kier molecular flexibility index (Phi) is 5.50. The maximum atomic E-state index is 12.3. The molecule has 0 saturated carbocycles. The predicted octanol–water partition coefficient (Wildman–Crippen LogP) is 0.470. The van der Waals surface area contributed by atoms with Gasteiger partial charge in [-0.15, -0.1) is 6.42 Å². The molecule has 0 aliphatic carbocycles. The average molecular weight is 309 g/mol. The van der Waals surface area contributed by atoms with E-state index in [0.717, 1.165) is 6.07 Å². The van der Waals surface area contributed by atoms with Crippen molar-refractivity contribution in [1.82, 2.24) is 5.32 Å². The first-order valence-electron chi connectivity index (χ1n) is 6.11. The van der Waals surface area contributed by atoms with Crippen molar-refractivity contribution < 1.29 is 23.1 Å². The van der Waals surface area contributed by atoms with E-state index < -0.39 is 27.5 Å². The molecule has 0 spiro atoms. The van der Waals surface area contributed by atoms with E-state index in [1.807, 2.05) is 0 Å². The van der Waals surface area contributed by atoms with Gasteiger partial charge in [-0.1, -0.05) is 18.9 Å². The number of aryl methyl sites for hydroxylation is 1. The van der Waals surface area contributed by atoms with Crippen LogP contribution in [0.5, 0.6) is 0 Å². The fraction of sp³-hybridized carbons (Fsp3) is 0.286. The summed E-state index contributed by atoms with van der Waals surface area (Å²) in [6, 6.07) is 3.85. The number of terminal acetylenes is 1. The van der Waals surface area contributed by atoms with Crippen molar-refractivity contribution >= 4 is 21.7 Å². The summed E-state index contributed by atoms with van der Waals surface area (Å²) < 4.78 is 24.5. The van der Waals surface area contributed by atoms with E-state index in [4.69, 9.17) is 11.5 Å². The van der Waals surface area contributed by atoms with Gasteiger partial charge in [0.1, 0.15) is 5.75 Å². The number of hydrogen-bond acceptors (Lipinski definition) is 4. The first-order chi connectivity index (χ1) is 9.81. The molecule has 0 saturated heterocycles. The maximum absolute atomic E-state index is 12.3. The zero-order chi connectivity index (χ0) is 16.0. The van der Waals surface area contributed by atoms with Gasteiger partial charge in [-0.2, -0.15) is 0 Å². The zero-order valence-corrected chi connectivity index (χ0v) is 12.2. The number of rotatable bonds is 6. The first-order valence-corrected chi connectivity index (χ1v) is 7.76. The topological polar surface area (TPSA) is 101 Å². The van der Waals surface area contributed by atoms with Gasteiger partial charge in [-0.05, 0) is 24.1 Å². The Morgan fingerprint density at radius 3 is 2.57 bits per heavy atom. The smallest absolute Gasteiger partial charge is 0.335 e. The highest BCUT2D eigenvalue weighted by molar-refractivity contribution is 7.92. The van der Waals surface area contributed by atoms with Crippen LogP contribution in [0.25, 0.3) is 0 Å². The summed E-state index contributed by atoms with van der Waals surface area (Å²) in [5.74, 6) is -0.564. The molecular weight excluding hydrogens is 294 g/mol. The number of benzene rings is 1. The Morgan fingerprint density at radius 2 is 2.05 bits per heavy atom. The fourth-order valence-corrected chi connectivity index (χ4v) is 3.24. The van der Waals surface area contributed by atoms with E-state index in [1.54, 1.807) is 6.92 Å². The SMILES string of the molecule is C#CCNC(=O)CS(=O)(=O)c1cc(C(=O)O)ccc1CC. The van der Waals surface area contributed by atoms with Crippen LogP contribution in [-0.4, -0.2) is 37.7 Å². The third-order valence-electron chi connectivity index (χ3n) is 2.74. The number of carbonyl (C=O) groups is 2. The summed E-state index contributed by atoms with van der Waals surface area (Å²) in [7, 11) is -3.93. The third kappa shape index (κ3) is 4.33. The maximum Gasteiger partial charge on any atom is 0.335 e. The largest absolute Gasteiger partial charge is 0.478 e. The molecule has 1 rings (SSSR count). The lowest BCUT2D eigenvalue weighted by Gasteiger charge is -2.10. The normalized spacial score (nSPS) is 10.7.